The molecule has 1 saturated heterocycles. The van der Waals surface area contributed by atoms with Crippen molar-refractivity contribution in [2.75, 3.05) is 25.9 Å². The van der Waals surface area contributed by atoms with Crippen LogP contribution in [0.5, 0.6) is 0 Å². The summed E-state index contributed by atoms with van der Waals surface area (Å²) in [4.78, 5) is 69.1. The van der Waals surface area contributed by atoms with Crippen LogP contribution in [0.15, 0.2) is 12.7 Å². The molecule has 0 aromatic rings. The zero-order valence-corrected chi connectivity index (χ0v) is 32.1. The third-order valence-electron chi connectivity index (χ3n) is 10.6. The fourth-order valence-corrected chi connectivity index (χ4v) is 8.69. The van der Waals surface area contributed by atoms with Crippen LogP contribution in [0.25, 0.3) is 0 Å². The number of rotatable bonds is 15. The number of nitrogens with zero attached hydrogens (tertiary/aromatic N) is 2. The van der Waals surface area contributed by atoms with Gasteiger partial charge in [0.2, 0.25) is 27.6 Å². The largest absolute Gasteiger partial charge is 0.346 e. The predicted molar refractivity (Wildman–Crippen MR) is 189 cm³/mol. The Hall–Kier alpha value is -3.00. The van der Waals surface area contributed by atoms with Crippen molar-refractivity contribution in [3.05, 3.63) is 12.7 Å². The second-order valence-electron chi connectivity index (χ2n) is 17.2. The van der Waals surface area contributed by atoms with E-state index in [1.807, 2.05) is 27.7 Å². The van der Waals surface area contributed by atoms with Crippen LogP contribution in [0.4, 0.5) is 4.79 Å². The second kappa shape index (κ2) is 14.7. The Bertz CT molecular complexity index is 1410. The van der Waals surface area contributed by atoms with Gasteiger partial charge in [-0.25, -0.2) is 13.2 Å². The molecule has 0 spiro atoms. The summed E-state index contributed by atoms with van der Waals surface area (Å²) in [5.41, 5.74) is -1.64. The molecule has 13 nitrogen and oxygen atoms in total. The van der Waals surface area contributed by atoms with Gasteiger partial charge in [0, 0.05) is 31.7 Å². The van der Waals surface area contributed by atoms with Crippen LogP contribution in [0, 0.1) is 34.5 Å². The van der Waals surface area contributed by atoms with Crippen LogP contribution in [0.3, 0.4) is 0 Å². The van der Waals surface area contributed by atoms with Crippen molar-refractivity contribution in [3.8, 4) is 0 Å². The monoisotopic (exact) mass is 708 g/mol. The number of hydrogen-bond acceptors (Lipinski definition) is 7. The van der Waals surface area contributed by atoms with E-state index in [1.54, 1.807) is 41.5 Å². The van der Waals surface area contributed by atoms with Gasteiger partial charge in [0.1, 0.15) is 12.1 Å². The molecule has 14 heteroatoms. The van der Waals surface area contributed by atoms with Crippen molar-refractivity contribution in [2.24, 2.45) is 34.5 Å². The van der Waals surface area contributed by atoms with Crippen LogP contribution < -0.4 is 21.3 Å². The molecule has 1 heterocycles. The van der Waals surface area contributed by atoms with Crippen LogP contribution in [-0.4, -0.2) is 103 Å². The van der Waals surface area contributed by atoms with Gasteiger partial charge in [-0.15, -0.1) is 6.58 Å². The Morgan fingerprint density at radius 2 is 1.59 bits per heavy atom. The Kier molecular flexibility index (Phi) is 12.1. The van der Waals surface area contributed by atoms with E-state index >= 15 is 0 Å². The minimum atomic E-state index is -3.74. The maximum absolute atomic E-state index is 14.4. The minimum Gasteiger partial charge on any atom is -0.346 e. The van der Waals surface area contributed by atoms with E-state index in [9.17, 15) is 32.4 Å². The lowest BCUT2D eigenvalue weighted by molar-refractivity contribution is -0.145. The summed E-state index contributed by atoms with van der Waals surface area (Å²) in [6.07, 6.45) is 3.64. The highest BCUT2D eigenvalue weighted by Crippen LogP contribution is 2.65. The first-order valence-corrected chi connectivity index (χ1v) is 19.0. The fraction of sp³-hybridized carbons (Fsp3) is 0.800. The van der Waals surface area contributed by atoms with Gasteiger partial charge in [0.15, 0.2) is 0 Å². The molecule has 49 heavy (non-hydrogen) atoms. The molecule has 0 radical (unpaired) electrons. The zero-order valence-electron chi connectivity index (χ0n) is 31.3. The summed E-state index contributed by atoms with van der Waals surface area (Å²) in [5.74, 6) is -2.89. The molecule has 0 aromatic heterocycles. The molecule has 1 aliphatic heterocycles. The number of hydrogen-bond donors (Lipinski definition) is 4. The molecule has 2 saturated carbocycles. The lowest BCUT2D eigenvalue weighted by Crippen LogP contribution is -2.62. The second-order valence-corrected chi connectivity index (χ2v) is 19.2. The van der Waals surface area contributed by atoms with E-state index in [2.05, 4.69) is 27.8 Å². The smallest absolute Gasteiger partial charge is 0.315 e. The third-order valence-corrected chi connectivity index (χ3v) is 12.7. The zero-order chi connectivity index (χ0) is 37.4. The average molecular weight is 709 g/mol. The summed E-state index contributed by atoms with van der Waals surface area (Å²) in [5, 5.41) is 10.9. The number of carbonyl (C=O) groups excluding carboxylic acids is 5. The first kappa shape index (κ1) is 40.4. The van der Waals surface area contributed by atoms with Crippen molar-refractivity contribution < 1.29 is 32.4 Å². The molecule has 1 unspecified atom stereocenters. The molecule has 5 amide bonds. The number of ketones is 1. The molecule has 3 aliphatic rings. The van der Waals surface area contributed by atoms with E-state index in [1.165, 1.54) is 22.3 Å². The number of Topliss-reactive ketones (excluding diaryl/α,β-unsaturated/α-hetero) is 1. The molecule has 4 N–H and O–H groups in total. The Balaban J connectivity index is 1.82. The maximum atomic E-state index is 14.4. The summed E-state index contributed by atoms with van der Waals surface area (Å²) in [6, 6.07) is -4.40. The lowest BCUT2D eigenvalue weighted by Gasteiger charge is -2.38. The van der Waals surface area contributed by atoms with Gasteiger partial charge in [-0.05, 0) is 61.7 Å². The summed E-state index contributed by atoms with van der Waals surface area (Å²) >= 11 is 0. The minimum absolute atomic E-state index is 0.0467. The molecule has 3 fully saturated rings. The number of nitrogens with one attached hydrogen (secondary N) is 4. The molecule has 0 aromatic carbocycles. The average Bonchev–Trinajstić information content (AvgIpc) is 3.83. The normalized spacial score (nSPS) is 23.6. The van der Waals surface area contributed by atoms with Gasteiger partial charge >= 0.3 is 6.03 Å². The Labute approximate surface area is 293 Å². The standard InChI is InChI=1S/C35H60N6O7S/c1-13-16-36-30(44)27(42)23(17-21-14-15-21)37-29(43)26-25-22(35(25,10)11)18-41(26)31(45)28(33(4,5)6)39-32(46)38-24(20(2)3)19-49(47,48)40(12)34(7,8)9/h13,20-26,28H,1,14-19H2,2-12H3,(H,36,44)(H,37,43)(H2,38,39,46)/t22-,23?,24+,25-,26-,28+/m0/s1. The summed E-state index contributed by atoms with van der Waals surface area (Å²) < 4.78 is 27.7. The van der Waals surface area contributed by atoms with Gasteiger partial charge in [0.25, 0.3) is 5.91 Å². The molecule has 3 rings (SSSR count). The fourth-order valence-electron chi connectivity index (χ4n) is 6.71. The van der Waals surface area contributed by atoms with Gasteiger partial charge < -0.3 is 26.2 Å². The van der Waals surface area contributed by atoms with Gasteiger partial charge in [0.05, 0.1) is 11.8 Å². The van der Waals surface area contributed by atoms with Crippen LogP contribution in [0.2, 0.25) is 0 Å². The van der Waals surface area contributed by atoms with E-state index in [0.29, 0.717) is 13.0 Å². The number of sulfonamides is 1. The SMILES string of the molecule is C=CCNC(=O)C(=O)C(CC1CC1)NC(=O)[C@@H]1[C@@H]2[C@H](CN1C(=O)[C@@H](NC(=O)N[C@H](CS(=O)(=O)N(C)C(C)(C)C)C(C)C)C(C)(C)C)C2(C)C. The number of carbonyl (C=O) groups is 5. The van der Waals surface area contributed by atoms with Crippen molar-refractivity contribution in [1.82, 2.24) is 30.5 Å². The Morgan fingerprint density at radius 1 is 1.00 bits per heavy atom. The van der Waals surface area contributed by atoms with Crippen molar-refractivity contribution >= 4 is 39.6 Å². The number of urea groups is 1. The molecular weight excluding hydrogens is 648 g/mol. The van der Waals surface area contributed by atoms with E-state index in [-0.39, 0.29) is 41.4 Å². The Morgan fingerprint density at radius 3 is 2.08 bits per heavy atom. The van der Waals surface area contributed by atoms with Crippen molar-refractivity contribution in [2.45, 2.75) is 118 Å². The molecule has 278 valence electrons. The highest BCUT2D eigenvalue weighted by molar-refractivity contribution is 7.89. The number of piperidine rings is 1. The molecule has 2 aliphatic carbocycles. The number of likely N-dealkylation sites (tertiary alicyclic amines) is 1. The van der Waals surface area contributed by atoms with Crippen LogP contribution in [0.1, 0.15) is 88.5 Å². The van der Waals surface area contributed by atoms with E-state index in [4.69, 9.17) is 0 Å². The maximum Gasteiger partial charge on any atom is 0.315 e. The van der Waals surface area contributed by atoms with Crippen molar-refractivity contribution in [3.63, 3.8) is 0 Å². The topological polar surface area (TPSA) is 174 Å². The van der Waals surface area contributed by atoms with E-state index in [0.717, 1.165) is 12.8 Å². The van der Waals surface area contributed by atoms with Crippen LogP contribution >= 0.6 is 0 Å². The van der Waals surface area contributed by atoms with Gasteiger partial charge in [-0.3, -0.25) is 19.2 Å². The van der Waals surface area contributed by atoms with E-state index < -0.39 is 74.7 Å². The quantitative estimate of drug-likeness (QED) is 0.149. The third kappa shape index (κ3) is 9.62. The van der Waals surface area contributed by atoms with Gasteiger partial charge in [-0.1, -0.05) is 67.4 Å². The summed E-state index contributed by atoms with van der Waals surface area (Å²) in [7, 11) is -2.22. The lowest BCUT2D eigenvalue weighted by atomic mass is 9.85. The number of fused-ring (bicyclic) bond motifs is 1. The molecular formula is C35H60N6O7S. The molecule has 6 atom stereocenters. The highest BCUT2D eigenvalue weighted by atomic mass is 32.2. The predicted octanol–water partition coefficient (Wildman–Crippen LogP) is 2.42. The summed E-state index contributed by atoms with van der Waals surface area (Å²) in [6.45, 7) is 22.5. The first-order valence-electron chi connectivity index (χ1n) is 17.4. The van der Waals surface area contributed by atoms with Crippen LogP contribution in [-0.2, 0) is 29.2 Å². The first-order chi connectivity index (χ1) is 22.3. The molecule has 0 bridgehead atoms. The van der Waals surface area contributed by atoms with Gasteiger partial charge in [-0.2, -0.15) is 4.31 Å². The highest BCUT2D eigenvalue weighted by Gasteiger charge is 2.70. The van der Waals surface area contributed by atoms with Crippen molar-refractivity contribution in [1.29, 1.82) is 0 Å². The number of amides is 5.